The molecule has 2 unspecified atom stereocenters. The maximum Gasteiger partial charge on any atom is 2.00 e. The summed E-state index contributed by atoms with van der Waals surface area (Å²) >= 11 is 0. The molecule has 2 nitrogen and oxygen atoms in total. The smallest absolute Gasteiger partial charge is 0.304 e. The number of hydrogen-bond acceptors (Lipinski definition) is 2. The monoisotopic (exact) mass is 384 g/mol. The molecule has 1 N–H and O–H groups in total. The number of fused-ring (bicyclic) bond motifs is 3. The second-order valence-electron chi connectivity index (χ2n) is 7.04. The van der Waals surface area contributed by atoms with Crippen molar-refractivity contribution in [3.63, 3.8) is 0 Å². The first-order chi connectivity index (χ1) is 12.2. The van der Waals surface area contributed by atoms with E-state index in [1.807, 2.05) is 30.3 Å². The number of nitrogens with one attached hydrogen (secondary N) is 1. The summed E-state index contributed by atoms with van der Waals surface area (Å²) in [5.74, 6) is 0.520. The average Bonchev–Trinajstić information content (AvgIpc) is 3.36. The van der Waals surface area contributed by atoms with Crippen molar-refractivity contribution in [2.45, 2.75) is 32.7 Å². The van der Waals surface area contributed by atoms with Gasteiger partial charge in [0.1, 0.15) is 0 Å². The van der Waals surface area contributed by atoms with E-state index in [2.05, 4.69) is 60.8 Å². The van der Waals surface area contributed by atoms with E-state index in [1.54, 1.807) is 0 Å². The molecule has 0 saturated carbocycles. The van der Waals surface area contributed by atoms with Gasteiger partial charge < -0.3 is 5.43 Å². The van der Waals surface area contributed by atoms with E-state index in [0.717, 1.165) is 0 Å². The van der Waals surface area contributed by atoms with Gasteiger partial charge in [0.05, 0.1) is 11.8 Å². The molecular formula is C23H24FeN2. The molecule has 1 aliphatic carbocycles. The molecule has 0 aromatic heterocycles. The minimum atomic E-state index is 0. The van der Waals surface area contributed by atoms with Gasteiger partial charge in [-0.05, 0) is 43.9 Å². The van der Waals surface area contributed by atoms with Gasteiger partial charge in [-0.3, -0.25) is 0 Å². The van der Waals surface area contributed by atoms with Crippen LogP contribution in [-0.2, 0) is 23.5 Å². The number of aryl methyl sites for hydroxylation is 2. The first-order valence-corrected chi connectivity index (χ1v) is 9.06. The summed E-state index contributed by atoms with van der Waals surface area (Å²) in [6.07, 6.45) is 2.36. The van der Waals surface area contributed by atoms with Gasteiger partial charge >= 0.3 is 17.1 Å². The Bertz CT molecular complexity index is 843. The number of rotatable bonds is 1. The molecule has 0 bridgehead atoms. The molecule has 134 valence electrons. The van der Waals surface area contributed by atoms with Crippen molar-refractivity contribution in [2.75, 3.05) is 0 Å². The Morgan fingerprint density at radius 1 is 1.08 bits per heavy atom. The third kappa shape index (κ3) is 3.55. The second-order valence-corrected chi connectivity index (χ2v) is 7.04. The van der Waals surface area contributed by atoms with Crippen molar-refractivity contribution in [1.82, 2.24) is 5.43 Å². The van der Waals surface area contributed by atoms with Crippen molar-refractivity contribution in [2.24, 2.45) is 11.0 Å². The molecule has 0 radical (unpaired) electrons. The van der Waals surface area contributed by atoms with Crippen LogP contribution in [0.4, 0.5) is 0 Å². The molecular weight excluding hydrogens is 360 g/mol. The normalized spacial score (nSPS) is 19.8. The topological polar surface area (TPSA) is 24.4 Å². The van der Waals surface area contributed by atoms with Crippen LogP contribution < -0.4 is 5.43 Å². The summed E-state index contributed by atoms with van der Waals surface area (Å²) in [4.78, 5) is 0. The summed E-state index contributed by atoms with van der Waals surface area (Å²) in [6.45, 7) is 4.40. The van der Waals surface area contributed by atoms with Crippen LogP contribution in [-0.4, -0.2) is 5.71 Å². The number of hydrogen-bond donors (Lipinski definition) is 1. The van der Waals surface area contributed by atoms with Gasteiger partial charge in [0, 0.05) is 11.5 Å². The molecule has 0 saturated heterocycles. The molecule has 0 fully saturated rings. The fourth-order valence-corrected chi connectivity index (χ4v) is 4.11. The summed E-state index contributed by atoms with van der Waals surface area (Å²) in [5, 5.41) is 4.69. The van der Waals surface area contributed by atoms with E-state index in [0.29, 0.717) is 12.0 Å². The SMILES string of the molecule is Cc1cc(C)c2c(c1)C1=NNC(c3ccc[cH-]3)C1CC2.[Fe+2].c1cc[cH-]c1. The average molecular weight is 384 g/mol. The minimum Gasteiger partial charge on any atom is -0.304 e. The second kappa shape index (κ2) is 8.07. The Morgan fingerprint density at radius 2 is 1.88 bits per heavy atom. The molecule has 1 aliphatic heterocycles. The quantitative estimate of drug-likeness (QED) is 0.462. The molecule has 2 aliphatic rings. The summed E-state index contributed by atoms with van der Waals surface area (Å²) in [7, 11) is 0. The van der Waals surface area contributed by atoms with Crippen molar-refractivity contribution in [3.8, 4) is 0 Å². The van der Waals surface area contributed by atoms with Gasteiger partial charge in [-0.2, -0.15) is 35.4 Å². The number of nitrogens with zero attached hydrogens (tertiary/aromatic N) is 1. The fraction of sp³-hybridized carbons (Fsp3) is 0.261. The van der Waals surface area contributed by atoms with Crippen molar-refractivity contribution >= 4 is 5.71 Å². The largest absolute Gasteiger partial charge is 2.00 e. The van der Waals surface area contributed by atoms with Gasteiger partial charge in [0.25, 0.3) is 0 Å². The maximum absolute atomic E-state index is 4.69. The van der Waals surface area contributed by atoms with Crippen LogP contribution in [0.2, 0.25) is 0 Å². The Hall–Kier alpha value is -2.09. The molecule has 0 amide bonds. The van der Waals surface area contributed by atoms with Crippen molar-refractivity contribution in [3.05, 3.63) is 94.5 Å². The van der Waals surface area contributed by atoms with Crippen LogP contribution in [0.3, 0.4) is 0 Å². The predicted octanol–water partition coefficient (Wildman–Crippen LogP) is 5.04. The van der Waals surface area contributed by atoms with Crippen LogP contribution in [0, 0.1) is 19.8 Å². The number of hydrazone groups is 1. The van der Waals surface area contributed by atoms with Crippen molar-refractivity contribution in [1.29, 1.82) is 0 Å². The van der Waals surface area contributed by atoms with Gasteiger partial charge in [-0.1, -0.05) is 11.6 Å². The zero-order valence-electron chi connectivity index (χ0n) is 15.2. The van der Waals surface area contributed by atoms with E-state index in [1.165, 1.54) is 46.4 Å². The third-order valence-electron chi connectivity index (χ3n) is 5.28. The third-order valence-corrected chi connectivity index (χ3v) is 5.28. The maximum atomic E-state index is 4.69. The van der Waals surface area contributed by atoms with Crippen LogP contribution in [0.1, 0.15) is 40.3 Å². The molecule has 3 heteroatoms. The Kier molecular flexibility index (Phi) is 5.80. The Morgan fingerprint density at radius 3 is 2.54 bits per heavy atom. The van der Waals surface area contributed by atoms with E-state index < -0.39 is 0 Å². The molecule has 26 heavy (non-hydrogen) atoms. The van der Waals surface area contributed by atoms with E-state index >= 15 is 0 Å². The molecule has 5 rings (SSSR count). The minimum absolute atomic E-state index is 0. The molecule has 3 aromatic rings. The van der Waals surface area contributed by atoms with E-state index in [4.69, 9.17) is 0 Å². The first-order valence-electron chi connectivity index (χ1n) is 9.06. The van der Waals surface area contributed by atoms with E-state index in [-0.39, 0.29) is 17.1 Å². The standard InChI is InChI=1S/C18H19N2.C5H5.Fe/c1-11-9-12(2)14-7-8-15-17(13-5-3-4-6-13)19-20-18(15)16(14)10-11;1-2-4-5-3-1;/h3-6,9-10,15,17,19H,7-8H2,1-2H3;1-5H;/q2*-1;+2. The van der Waals surface area contributed by atoms with Crippen LogP contribution in [0.25, 0.3) is 0 Å². The van der Waals surface area contributed by atoms with Crippen molar-refractivity contribution < 1.29 is 17.1 Å². The molecule has 3 aromatic carbocycles. The van der Waals surface area contributed by atoms with Gasteiger partial charge in [-0.25, -0.2) is 24.3 Å². The summed E-state index contributed by atoms with van der Waals surface area (Å²) < 4.78 is 0. The fourth-order valence-electron chi connectivity index (χ4n) is 4.11. The molecule has 2 atom stereocenters. The van der Waals surface area contributed by atoms with Crippen LogP contribution in [0.5, 0.6) is 0 Å². The van der Waals surface area contributed by atoms with Gasteiger partial charge in [0.15, 0.2) is 0 Å². The number of benzene rings is 1. The molecule has 0 spiro atoms. The van der Waals surface area contributed by atoms with Crippen LogP contribution in [0.15, 0.2) is 71.8 Å². The Balaban J connectivity index is 0.000000285. The zero-order chi connectivity index (χ0) is 17.2. The van der Waals surface area contributed by atoms with Gasteiger partial charge in [-0.15, -0.1) is 5.56 Å². The zero-order valence-corrected chi connectivity index (χ0v) is 16.3. The molecule has 1 heterocycles. The van der Waals surface area contributed by atoms with Gasteiger partial charge in [0.2, 0.25) is 0 Å². The first kappa shape index (κ1) is 18.7. The predicted molar refractivity (Wildman–Crippen MR) is 104 cm³/mol. The summed E-state index contributed by atoms with van der Waals surface area (Å²) in [5.41, 5.74) is 11.6. The summed E-state index contributed by atoms with van der Waals surface area (Å²) in [6, 6.07) is 23.6. The van der Waals surface area contributed by atoms with E-state index in [9.17, 15) is 0 Å². The van der Waals surface area contributed by atoms with Crippen LogP contribution >= 0.6 is 0 Å². The Labute approximate surface area is 166 Å².